The average Bonchev–Trinajstić information content (AvgIpc) is 2.99. The summed E-state index contributed by atoms with van der Waals surface area (Å²) >= 11 is 1.58. The molecule has 4 nitrogen and oxygen atoms in total. The Hall–Kier alpha value is -2.11. The highest BCUT2D eigenvalue weighted by molar-refractivity contribution is 7.10. The first-order valence-corrected chi connectivity index (χ1v) is 8.20. The van der Waals surface area contributed by atoms with E-state index in [0.29, 0.717) is 11.5 Å². The first-order chi connectivity index (χ1) is 11.1. The van der Waals surface area contributed by atoms with Gasteiger partial charge in [0.05, 0.1) is 0 Å². The molecule has 0 N–H and O–H groups in total. The Bertz CT molecular complexity index is 688. The topological polar surface area (TPSA) is 44.8 Å². The molecule has 5 heteroatoms. The van der Waals surface area contributed by atoms with Crippen molar-refractivity contribution in [2.45, 2.75) is 20.3 Å². The molecule has 0 aliphatic carbocycles. The van der Waals surface area contributed by atoms with Crippen LogP contribution in [-0.2, 0) is 16.0 Å². The maximum atomic E-state index is 12.0. The van der Waals surface area contributed by atoms with Crippen LogP contribution in [-0.4, -0.2) is 19.9 Å². The number of carbonyl (C=O) groups is 1. The molecule has 2 aromatic rings. The summed E-state index contributed by atoms with van der Waals surface area (Å²) in [5.74, 6) is 0.885. The van der Waals surface area contributed by atoms with Gasteiger partial charge in [-0.15, -0.1) is 11.3 Å². The van der Waals surface area contributed by atoms with Crippen molar-refractivity contribution in [3.8, 4) is 11.5 Å². The van der Waals surface area contributed by atoms with Gasteiger partial charge in [0.1, 0.15) is 11.5 Å². The highest BCUT2D eigenvalue weighted by Gasteiger charge is 2.08. The smallest absolute Gasteiger partial charge is 0.336 e. The largest absolute Gasteiger partial charge is 0.467 e. The lowest BCUT2D eigenvalue weighted by molar-refractivity contribution is -0.128. The summed E-state index contributed by atoms with van der Waals surface area (Å²) in [5, 5.41) is 1.92. The second kappa shape index (κ2) is 8.50. The highest BCUT2D eigenvalue weighted by Crippen LogP contribution is 2.26. The average molecular weight is 332 g/mol. The number of esters is 1. The first kappa shape index (κ1) is 17.2. The van der Waals surface area contributed by atoms with E-state index in [2.05, 4.69) is 0 Å². The maximum absolute atomic E-state index is 12.0. The number of hydrogen-bond acceptors (Lipinski definition) is 5. The Balaban J connectivity index is 2.09. The molecule has 122 valence electrons. The molecule has 1 heterocycles. The van der Waals surface area contributed by atoms with E-state index in [1.54, 1.807) is 24.5 Å². The molecule has 0 unspecified atom stereocenters. The van der Waals surface area contributed by atoms with Gasteiger partial charge in [-0.2, -0.15) is 0 Å². The quantitative estimate of drug-likeness (QED) is 0.433. The van der Waals surface area contributed by atoms with Gasteiger partial charge in [0.15, 0.2) is 6.79 Å². The number of ether oxygens (including phenoxy) is 3. The number of hydrogen-bond donors (Lipinski definition) is 0. The van der Waals surface area contributed by atoms with Crippen LogP contribution in [0, 0.1) is 6.92 Å². The molecule has 0 bridgehead atoms. The molecule has 23 heavy (non-hydrogen) atoms. The fraction of sp³-hybridized carbons (Fsp3) is 0.278. The van der Waals surface area contributed by atoms with Crippen molar-refractivity contribution in [1.82, 2.24) is 0 Å². The lowest BCUT2D eigenvalue weighted by Gasteiger charge is -2.09. The van der Waals surface area contributed by atoms with Gasteiger partial charge in [-0.3, -0.25) is 0 Å². The minimum atomic E-state index is -0.405. The third-order valence-electron chi connectivity index (χ3n) is 3.13. The van der Waals surface area contributed by atoms with Crippen LogP contribution in [0.1, 0.15) is 22.9 Å². The minimum Gasteiger partial charge on any atom is -0.467 e. The van der Waals surface area contributed by atoms with E-state index in [1.807, 2.05) is 43.5 Å². The number of rotatable bonds is 7. The summed E-state index contributed by atoms with van der Waals surface area (Å²) in [6.07, 6.45) is 3.95. The number of thiophene rings is 1. The lowest BCUT2D eigenvalue weighted by Crippen LogP contribution is -2.04. The van der Waals surface area contributed by atoms with Crippen molar-refractivity contribution in [2.75, 3.05) is 13.9 Å². The number of carbonyl (C=O) groups excluding carboxylic acids is 1. The van der Waals surface area contributed by atoms with Gasteiger partial charge in [0.25, 0.3) is 0 Å². The van der Waals surface area contributed by atoms with E-state index in [4.69, 9.17) is 14.2 Å². The molecule has 0 saturated carbocycles. The molecule has 0 fully saturated rings. The van der Waals surface area contributed by atoms with E-state index in [0.717, 1.165) is 22.4 Å². The zero-order valence-electron chi connectivity index (χ0n) is 13.5. The molecule has 0 saturated heterocycles. The van der Waals surface area contributed by atoms with Crippen LogP contribution >= 0.6 is 11.3 Å². The number of benzene rings is 1. The van der Waals surface area contributed by atoms with Crippen LogP contribution < -0.4 is 9.47 Å². The maximum Gasteiger partial charge on any atom is 0.336 e. The first-order valence-electron chi connectivity index (χ1n) is 7.32. The summed E-state index contributed by atoms with van der Waals surface area (Å²) < 4.78 is 15.8. The van der Waals surface area contributed by atoms with Gasteiger partial charge in [-0.1, -0.05) is 18.6 Å². The zero-order chi connectivity index (χ0) is 16.7. The third kappa shape index (κ3) is 4.94. The molecule has 0 aliphatic heterocycles. The summed E-state index contributed by atoms with van der Waals surface area (Å²) in [6, 6.07) is 7.55. The summed E-state index contributed by atoms with van der Waals surface area (Å²) in [4.78, 5) is 13.1. The van der Waals surface area contributed by atoms with Crippen molar-refractivity contribution < 1.29 is 19.0 Å². The molecular formula is C18H20O4S. The SMILES string of the molecule is CCc1sccc1OC(=O)C=Cc1cc(C)ccc1OCOC. The fourth-order valence-corrected chi connectivity index (χ4v) is 2.78. The monoisotopic (exact) mass is 332 g/mol. The fourth-order valence-electron chi connectivity index (χ4n) is 2.03. The normalized spacial score (nSPS) is 10.9. The van der Waals surface area contributed by atoms with Gasteiger partial charge in [-0.05, 0) is 43.0 Å². The second-order valence-corrected chi connectivity index (χ2v) is 5.91. The van der Waals surface area contributed by atoms with Gasteiger partial charge in [-0.25, -0.2) is 4.79 Å². The van der Waals surface area contributed by atoms with E-state index >= 15 is 0 Å². The molecular weight excluding hydrogens is 312 g/mol. The molecule has 1 aromatic heterocycles. The molecule has 0 radical (unpaired) electrons. The van der Waals surface area contributed by atoms with Crippen molar-refractivity contribution in [3.63, 3.8) is 0 Å². The van der Waals surface area contributed by atoms with Crippen molar-refractivity contribution in [2.24, 2.45) is 0 Å². The van der Waals surface area contributed by atoms with Crippen LogP contribution in [0.4, 0.5) is 0 Å². The lowest BCUT2D eigenvalue weighted by atomic mass is 10.1. The Morgan fingerprint density at radius 3 is 2.83 bits per heavy atom. The van der Waals surface area contributed by atoms with Crippen molar-refractivity contribution >= 4 is 23.4 Å². The number of methoxy groups -OCH3 is 1. The van der Waals surface area contributed by atoms with E-state index in [9.17, 15) is 4.79 Å². The summed E-state index contributed by atoms with van der Waals surface area (Å²) in [5.41, 5.74) is 1.88. The standard InChI is InChI=1S/C18H20O4S/c1-4-17-16(9-10-23-17)22-18(19)8-6-14-11-13(2)5-7-15(14)21-12-20-3/h5-11H,4,12H2,1-3H3. The Labute approximate surface area is 140 Å². The Morgan fingerprint density at radius 2 is 2.09 bits per heavy atom. The Morgan fingerprint density at radius 1 is 1.26 bits per heavy atom. The summed E-state index contributed by atoms with van der Waals surface area (Å²) in [7, 11) is 1.56. The second-order valence-electron chi connectivity index (χ2n) is 4.91. The minimum absolute atomic E-state index is 0.156. The molecule has 2 rings (SSSR count). The van der Waals surface area contributed by atoms with E-state index in [-0.39, 0.29) is 6.79 Å². The van der Waals surface area contributed by atoms with Gasteiger partial charge >= 0.3 is 5.97 Å². The highest BCUT2D eigenvalue weighted by atomic mass is 32.1. The summed E-state index contributed by atoms with van der Waals surface area (Å²) in [6.45, 7) is 4.17. The van der Waals surface area contributed by atoms with Crippen LogP contribution in [0.5, 0.6) is 11.5 Å². The van der Waals surface area contributed by atoms with Crippen LogP contribution in [0.3, 0.4) is 0 Å². The third-order valence-corrected chi connectivity index (χ3v) is 4.18. The van der Waals surface area contributed by atoms with Crippen LogP contribution in [0.2, 0.25) is 0 Å². The van der Waals surface area contributed by atoms with Crippen molar-refractivity contribution in [3.05, 3.63) is 51.7 Å². The van der Waals surface area contributed by atoms with Crippen LogP contribution in [0.25, 0.3) is 6.08 Å². The predicted octanol–water partition coefficient (Wildman–Crippen LogP) is 4.22. The van der Waals surface area contributed by atoms with Gasteiger partial charge < -0.3 is 14.2 Å². The van der Waals surface area contributed by atoms with Gasteiger partial charge in [0, 0.05) is 23.6 Å². The van der Waals surface area contributed by atoms with E-state index in [1.165, 1.54) is 6.08 Å². The predicted molar refractivity (Wildman–Crippen MR) is 92.0 cm³/mol. The van der Waals surface area contributed by atoms with Gasteiger partial charge in [0.2, 0.25) is 0 Å². The molecule has 0 amide bonds. The Kier molecular flexibility index (Phi) is 6.38. The molecule has 0 aliphatic rings. The number of aryl methyl sites for hydroxylation is 2. The van der Waals surface area contributed by atoms with Crippen LogP contribution in [0.15, 0.2) is 35.7 Å². The molecule has 0 spiro atoms. The van der Waals surface area contributed by atoms with Crippen molar-refractivity contribution in [1.29, 1.82) is 0 Å². The molecule has 0 atom stereocenters. The van der Waals surface area contributed by atoms with E-state index < -0.39 is 5.97 Å². The zero-order valence-corrected chi connectivity index (χ0v) is 14.3. The molecule has 1 aromatic carbocycles.